The maximum absolute atomic E-state index is 11.1. The molecule has 0 unspecified atom stereocenters. The molecule has 3 fully saturated rings. The second-order valence-corrected chi connectivity index (χ2v) is 9.14. The summed E-state index contributed by atoms with van der Waals surface area (Å²) in [6.07, 6.45) is 2.77. The molecule has 4 rings (SSSR count). The zero-order chi connectivity index (χ0) is 13.2. The van der Waals surface area contributed by atoms with Crippen LogP contribution in [-0.4, -0.2) is 14.2 Å². The topological polar surface area (TPSA) is 34.1 Å². The van der Waals surface area contributed by atoms with E-state index in [1.54, 1.807) is 0 Å². The Morgan fingerprint density at radius 1 is 1.28 bits per heavy atom. The van der Waals surface area contributed by atoms with Crippen molar-refractivity contribution < 1.29 is 8.42 Å². The van der Waals surface area contributed by atoms with Crippen LogP contribution in [-0.2, 0) is 14.5 Å². The molecule has 0 N–H and O–H groups in total. The van der Waals surface area contributed by atoms with Gasteiger partial charge in [0.1, 0.15) is 0 Å². The van der Waals surface area contributed by atoms with E-state index in [9.17, 15) is 8.42 Å². The van der Waals surface area contributed by atoms with E-state index in [0.717, 1.165) is 29.8 Å². The third-order valence-corrected chi connectivity index (χ3v) is 6.09. The second-order valence-electron chi connectivity index (χ2n) is 5.96. The lowest BCUT2D eigenvalue weighted by Crippen LogP contribution is -2.66. The van der Waals surface area contributed by atoms with E-state index in [1.807, 2.05) is 19.1 Å². The predicted octanol–water partition coefficient (Wildman–Crippen LogP) is 3.64. The van der Waals surface area contributed by atoms with Gasteiger partial charge in [-0.05, 0) is 54.2 Å². The van der Waals surface area contributed by atoms with Crippen LogP contribution >= 0.6 is 22.3 Å². The van der Waals surface area contributed by atoms with E-state index in [0.29, 0.717) is 0 Å². The van der Waals surface area contributed by atoms with Gasteiger partial charge >= 0.3 is 0 Å². The smallest absolute Gasteiger partial charge is 0.212 e. The highest BCUT2D eigenvalue weighted by Crippen LogP contribution is 2.74. The molecular formula is C13H14Cl2O2S. The van der Waals surface area contributed by atoms with Crippen LogP contribution in [0.2, 0.25) is 5.02 Å². The van der Waals surface area contributed by atoms with Crippen LogP contribution in [0.5, 0.6) is 0 Å². The first-order valence-electron chi connectivity index (χ1n) is 5.93. The van der Waals surface area contributed by atoms with Crippen LogP contribution in [0.1, 0.15) is 30.4 Å². The maximum atomic E-state index is 11.1. The maximum Gasteiger partial charge on any atom is 0.233 e. The van der Waals surface area contributed by atoms with Crippen LogP contribution in [0.4, 0.5) is 0 Å². The monoisotopic (exact) mass is 304 g/mol. The molecule has 0 spiro atoms. The molecule has 3 saturated carbocycles. The summed E-state index contributed by atoms with van der Waals surface area (Å²) < 4.78 is 22.3. The minimum atomic E-state index is -3.38. The summed E-state index contributed by atoms with van der Waals surface area (Å²) in [5, 5.41) is 0.788. The lowest BCUT2D eigenvalue weighted by Gasteiger charge is -2.71. The highest BCUT2D eigenvalue weighted by molar-refractivity contribution is 8.13. The molecule has 0 aliphatic heterocycles. The molecule has 18 heavy (non-hydrogen) atoms. The van der Waals surface area contributed by atoms with Gasteiger partial charge in [-0.25, -0.2) is 8.42 Å². The van der Waals surface area contributed by atoms with Crippen molar-refractivity contribution in [3.8, 4) is 0 Å². The number of benzene rings is 1. The first-order chi connectivity index (χ1) is 8.24. The van der Waals surface area contributed by atoms with Crippen molar-refractivity contribution >= 4 is 31.3 Å². The molecule has 98 valence electrons. The number of halogens is 2. The van der Waals surface area contributed by atoms with Crippen LogP contribution in [0.25, 0.3) is 0 Å². The molecule has 0 aromatic heterocycles. The largest absolute Gasteiger partial charge is 0.233 e. The summed E-state index contributed by atoms with van der Waals surface area (Å²) in [6, 6.07) is 6.16. The molecule has 0 amide bonds. The highest BCUT2D eigenvalue weighted by atomic mass is 35.7. The van der Waals surface area contributed by atoms with Crippen molar-refractivity contribution in [1.29, 1.82) is 0 Å². The summed E-state index contributed by atoms with van der Waals surface area (Å²) in [7, 11) is 1.96. The van der Waals surface area contributed by atoms with Gasteiger partial charge in [-0.2, -0.15) is 0 Å². The number of hydrogen-bond donors (Lipinski definition) is 0. The zero-order valence-electron chi connectivity index (χ0n) is 10.0. The third-order valence-electron chi connectivity index (χ3n) is 4.40. The molecule has 3 aliphatic rings. The summed E-state index contributed by atoms with van der Waals surface area (Å²) in [4.78, 5) is 0. The van der Waals surface area contributed by atoms with Crippen molar-refractivity contribution in [1.82, 2.24) is 0 Å². The van der Waals surface area contributed by atoms with Gasteiger partial charge in [0, 0.05) is 15.7 Å². The fraction of sp³-hybridized carbons (Fsp3) is 0.538. The summed E-state index contributed by atoms with van der Waals surface area (Å²) in [5.74, 6) is 0.114. The minimum absolute atomic E-state index is 0.0576. The molecule has 3 aliphatic carbocycles. The van der Waals surface area contributed by atoms with E-state index >= 15 is 0 Å². The summed E-state index contributed by atoms with van der Waals surface area (Å²) in [5.41, 5.74) is 2.42. The van der Waals surface area contributed by atoms with E-state index in [1.165, 1.54) is 5.56 Å². The average molecular weight is 305 g/mol. The van der Waals surface area contributed by atoms with Crippen LogP contribution < -0.4 is 0 Å². The first kappa shape index (κ1) is 12.8. The van der Waals surface area contributed by atoms with Crippen LogP contribution in [0.3, 0.4) is 0 Å². The fourth-order valence-corrected chi connectivity index (χ4v) is 5.66. The normalized spacial score (nSPS) is 33.7. The Hall–Kier alpha value is -0.250. The molecule has 5 heteroatoms. The van der Waals surface area contributed by atoms with Gasteiger partial charge in [0.05, 0.1) is 5.75 Å². The SMILES string of the molecule is Cc1ccc(C23CC(CS(=O)(=O)Cl)(C2)C3)cc1Cl. The first-order valence-corrected chi connectivity index (χ1v) is 8.78. The van der Waals surface area contributed by atoms with E-state index in [2.05, 4.69) is 6.07 Å². The van der Waals surface area contributed by atoms with Gasteiger partial charge < -0.3 is 0 Å². The Balaban J connectivity index is 1.78. The Morgan fingerprint density at radius 3 is 2.39 bits per heavy atom. The molecule has 0 heterocycles. The number of rotatable bonds is 3. The van der Waals surface area contributed by atoms with Gasteiger partial charge in [-0.3, -0.25) is 0 Å². The van der Waals surface area contributed by atoms with Crippen molar-refractivity contribution in [2.24, 2.45) is 5.41 Å². The molecule has 1 aromatic rings. The average Bonchev–Trinajstić information content (AvgIpc) is 2.12. The number of hydrogen-bond acceptors (Lipinski definition) is 2. The van der Waals surface area contributed by atoms with Crippen molar-refractivity contribution in [2.75, 3.05) is 5.75 Å². The second kappa shape index (κ2) is 3.65. The van der Waals surface area contributed by atoms with Crippen LogP contribution in [0.15, 0.2) is 18.2 Å². The predicted molar refractivity (Wildman–Crippen MR) is 73.8 cm³/mol. The molecular weight excluding hydrogens is 291 g/mol. The summed E-state index contributed by atoms with van der Waals surface area (Å²) in [6.45, 7) is 1.98. The van der Waals surface area contributed by atoms with Gasteiger partial charge in [0.25, 0.3) is 0 Å². The van der Waals surface area contributed by atoms with Gasteiger partial charge in [-0.1, -0.05) is 23.7 Å². The van der Waals surface area contributed by atoms with E-state index in [4.69, 9.17) is 22.3 Å². The van der Waals surface area contributed by atoms with Crippen molar-refractivity contribution in [3.63, 3.8) is 0 Å². The quantitative estimate of drug-likeness (QED) is 0.799. The van der Waals surface area contributed by atoms with Gasteiger partial charge in [-0.15, -0.1) is 0 Å². The van der Waals surface area contributed by atoms with Gasteiger partial charge in [0.15, 0.2) is 0 Å². The molecule has 2 bridgehead atoms. The van der Waals surface area contributed by atoms with Gasteiger partial charge in [0.2, 0.25) is 9.05 Å². The summed E-state index contributed by atoms with van der Waals surface area (Å²) >= 11 is 6.14. The molecule has 0 radical (unpaired) electrons. The van der Waals surface area contributed by atoms with E-state index in [-0.39, 0.29) is 16.6 Å². The zero-order valence-corrected chi connectivity index (χ0v) is 12.4. The third kappa shape index (κ3) is 1.87. The van der Waals surface area contributed by atoms with Crippen molar-refractivity contribution in [2.45, 2.75) is 31.6 Å². The molecule has 1 aromatic carbocycles. The Bertz CT molecular complexity index is 602. The van der Waals surface area contributed by atoms with E-state index < -0.39 is 9.05 Å². The lowest BCUT2D eigenvalue weighted by atomic mass is 9.34. The van der Waals surface area contributed by atoms with Crippen LogP contribution in [0, 0.1) is 12.3 Å². The van der Waals surface area contributed by atoms with Crippen molar-refractivity contribution in [3.05, 3.63) is 34.3 Å². The lowest BCUT2D eigenvalue weighted by molar-refractivity contribution is -0.122. The molecule has 0 saturated heterocycles. The number of aryl methyl sites for hydroxylation is 1. The standard InChI is InChI=1S/C13H14Cl2O2S/c1-9-2-3-10(4-11(9)14)13-5-12(6-13,7-13)8-18(15,16)17/h2-4H,5-8H2,1H3. The fourth-order valence-electron chi connectivity index (χ4n) is 3.75. The highest BCUT2D eigenvalue weighted by Gasteiger charge is 2.69. The minimum Gasteiger partial charge on any atom is -0.212 e. The Morgan fingerprint density at radius 2 is 1.89 bits per heavy atom. The molecule has 0 atom stereocenters. The molecule has 2 nitrogen and oxygen atoms in total. The Kier molecular flexibility index (Phi) is 2.59. The Labute approximate surface area is 117 Å².